The van der Waals surface area contributed by atoms with Crippen molar-refractivity contribution in [3.05, 3.63) is 71.8 Å². The first-order valence-corrected chi connectivity index (χ1v) is 27.7. The number of hydrogen-bond donors (Lipinski definition) is 5. The number of likely N-dealkylation sites (N-methyl/N-ethyl adjacent to an activating group) is 5. The molecular weight excluding hydrogens is 997 g/mol. The molecule has 10 unspecified atom stereocenters. The molecular formula is C58H90N10O10. The van der Waals surface area contributed by atoms with E-state index in [-0.39, 0.29) is 44.2 Å². The van der Waals surface area contributed by atoms with Crippen molar-refractivity contribution in [1.29, 1.82) is 0 Å². The summed E-state index contributed by atoms with van der Waals surface area (Å²) in [5, 5.41) is 23.0. The predicted octanol–water partition coefficient (Wildman–Crippen LogP) is 2.21. The number of fused-ring (bicyclic) bond motifs is 1. The number of aliphatic hydroxyl groups excluding tert-OH is 1. The maximum atomic E-state index is 14.9. The summed E-state index contributed by atoms with van der Waals surface area (Å²) in [6.45, 7) is 15.2. The van der Waals surface area contributed by atoms with Crippen LogP contribution < -0.4 is 21.3 Å². The van der Waals surface area contributed by atoms with E-state index in [1.165, 1.54) is 59.6 Å². The molecule has 0 radical (unpaired) electrons. The molecule has 0 saturated carbocycles. The normalized spacial score (nSPS) is 27.5. The summed E-state index contributed by atoms with van der Waals surface area (Å²) in [7, 11) is 7.50. The lowest BCUT2D eigenvalue weighted by atomic mass is 9.95. The molecule has 2 aliphatic heterocycles. The molecule has 78 heavy (non-hydrogen) atoms. The van der Waals surface area contributed by atoms with Gasteiger partial charge in [0.25, 0.3) is 0 Å². The molecule has 20 heteroatoms. The third-order valence-electron chi connectivity index (χ3n) is 15.5. The summed E-state index contributed by atoms with van der Waals surface area (Å²) in [6.07, 6.45) is 1.91. The van der Waals surface area contributed by atoms with E-state index < -0.39 is 126 Å². The van der Waals surface area contributed by atoms with Gasteiger partial charge in [-0.15, -0.1) is 0 Å². The van der Waals surface area contributed by atoms with Crippen LogP contribution in [0.25, 0.3) is 0 Å². The number of hydrogen-bond acceptors (Lipinski definition) is 11. The summed E-state index contributed by atoms with van der Waals surface area (Å²) in [4.78, 5) is 138. The van der Waals surface area contributed by atoms with Gasteiger partial charge in [0.15, 0.2) is 0 Å². The van der Waals surface area contributed by atoms with E-state index in [0.717, 1.165) is 11.1 Å². The number of carbonyl (C=O) groups is 9. The van der Waals surface area contributed by atoms with Crippen molar-refractivity contribution in [3.8, 4) is 0 Å². The van der Waals surface area contributed by atoms with Crippen LogP contribution in [0.1, 0.15) is 106 Å². The first kappa shape index (κ1) is 64.1. The Bertz CT molecular complexity index is 2370. The van der Waals surface area contributed by atoms with Gasteiger partial charge in [-0.25, -0.2) is 0 Å². The summed E-state index contributed by atoms with van der Waals surface area (Å²) in [5.41, 5.74) is 1.63. The summed E-state index contributed by atoms with van der Waals surface area (Å²) >= 11 is 0. The van der Waals surface area contributed by atoms with Gasteiger partial charge in [0, 0.05) is 67.2 Å². The molecule has 432 valence electrons. The average Bonchev–Trinajstić information content (AvgIpc) is 3.43. The number of aliphatic hydroxyl groups is 1. The Hall–Kier alpha value is -6.41. The monoisotopic (exact) mass is 1090 g/mol. The molecule has 9 amide bonds. The van der Waals surface area contributed by atoms with Gasteiger partial charge in [-0.05, 0) is 81.8 Å². The van der Waals surface area contributed by atoms with E-state index in [0.29, 0.717) is 25.7 Å². The van der Waals surface area contributed by atoms with Gasteiger partial charge < -0.3 is 55.8 Å². The highest BCUT2D eigenvalue weighted by atomic mass is 16.3. The summed E-state index contributed by atoms with van der Waals surface area (Å²) < 4.78 is 0. The molecule has 4 rings (SSSR count). The standard InChI is InChI=1S/C58H90N10O10/c1-35(2)31-43-55(75)66(13)47(34-69)57(77)68-30-22-21-27-44(68)56(76)65(12)46(33-42-25-19-16-20-26-42)52(72)62-49(36(3)4)58(78)63(10)40(9)51(71)59-29-28-48(70)67(14)50(37(5)6)53(73)61-39(8)54(74)64(11)45(38(7)60-43)32-41-23-17-15-18-24-41/h15-20,23-26,35-40,43-47,49-50,60,69H,21-22,27-34H2,1-14H3,(H,59,71)(H,61,73)(H,62,72). The quantitative estimate of drug-likeness (QED) is 0.244. The van der Waals surface area contributed by atoms with Crippen LogP contribution in [0.3, 0.4) is 0 Å². The first-order chi connectivity index (χ1) is 36.7. The maximum Gasteiger partial charge on any atom is 0.248 e. The van der Waals surface area contributed by atoms with E-state index in [1.54, 1.807) is 58.7 Å². The first-order valence-electron chi connectivity index (χ1n) is 27.7. The number of nitrogens with zero attached hydrogens (tertiary/aromatic N) is 6. The minimum Gasteiger partial charge on any atom is -0.394 e. The number of amides is 9. The van der Waals surface area contributed by atoms with Crippen molar-refractivity contribution in [2.45, 2.75) is 168 Å². The van der Waals surface area contributed by atoms with Crippen molar-refractivity contribution in [1.82, 2.24) is 50.7 Å². The van der Waals surface area contributed by atoms with Crippen molar-refractivity contribution < 1.29 is 48.3 Å². The fourth-order valence-corrected chi connectivity index (χ4v) is 10.6. The molecule has 0 aliphatic carbocycles. The zero-order valence-electron chi connectivity index (χ0n) is 48.7. The molecule has 2 aromatic carbocycles. The van der Waals surface area contributed by atoms with Crippen LogP contribution in [0.5, 0.6) is 0 Å². The van der Waals surface area contributed by atoms with E-state index in [4.69, 9.17) is 0 Å². The van der Waals surface area contributed by atoms with Crippen LogP contribution in [-0.2, 0) is 56.0 Å². The second kappa shape index (κ2) is 29.5. The van der Waals surface area contributed by atoms with Crippen molar-refractivity contribution in [2.75, 3.05) is 54.9 Å². The van der Waals surface area contributed by atoms with Crippen molar-refractivity contribution in [2.24, 2.45) is 17.8 Å². The highest BCUT2D eigenvalue weighted by molar-refractivity contribution is 5.97. The minimum atomic E-state index is -1.40. The van der Waals surface area contributed by atoms with Gasteiger partial charge in [-0.1, -0.05) is 102 Å². The lowest BCUT2D eigenvalue weighted by Crippen LogP contribution is -2.63. The van der Waals surface area contributed by atoms with Gasteiger partial charge in [0.05, 0.1) is 18.7 Å². The SMILES string of the molecule is CC(C)CC1NC(C)C(Cc2ccccc2)N(C)C(=O)C(C)NC(=O)C(C(C)C)N(C)C(=O)CCNC(=O)C(C)N(C)C(=O)C(C(C)C)NC(=O)C(Cc2ccccc2)N(C)C(=O)C2CCCCN2C(=O)C(CO)N(C)C1=O. The van der Waals surface area contributed by atoms with E-state index in [9.17, 15) is 48.3 Å². The number of rotatable bonds is 9. The average molecular weight is 1090 g/mol. The second-order valence-corrected chi connectivity index (χ2v) is 22.5. The third kappa shape index (κ3) is 16.6. The molecule has 2 saturated heterocycles. The third-order valence-corrected chi connectivity index (χ3v) is 15.5. The van der Waals surface area contributed by atoms with Crippen LogP contribution in [0.2, 0.25) is 0 Å². The van der Waals surface area contributed by atoms with Crippen LogP contribution in [-0.4, -0.2) is 203 Å². The van der Waals surface area contributed by atoms with Gasteiger partial charge in [0.2, 0.25) is 53.2 Å². The van der Waals surface area contributed by atoms with Crippen LogP contribution in [0, 0.1) is 17.8 Å². The van der Waals surface area contributed by atoms with Gasteiger partial charge in [-0.2, -0.15) is 0 Å². The molecule has 2 aliphatic rings. The largest absolute Gasteiger partial charge is 0.394 e. The summed E-state index contributed by atoms with van der Waals surface area (Å²) in [6, 6.07) is 8.66. The second-order valence-electron chi connectivity index (χ2n) is 22.5. The highest BCUT2D eigenvalue weighted by Gasteiger charge is 2.44. The molecule has 0 bridgehead atoms. The molecule has 0 aromatic heterocycles. The maximum absolute atomic E-state index is 14.9. The van der Waals surface area contributed by atoms with Gasteiger partial charge >= 0.3 is 0 Å². The predicted molar refractivity (Wildman–Crippen MR) is 298 cm³/mol. The van der Waals surface area contributed by atoms with Crippen LogP contribution in [0.4, 0.5) is 0 Å². The number of benzene rings is 2. The van der Waals surface area contributed by atoms with E-state index >= 15 is 0 Å². The summed E-state index contributed by atoms with van der Waals surface area (Å²) in [5.74, 6) is -5.77. The lowest BCUT2D eigenvalue weighted by Gasteiger charge is -2.42. The molecule has 2 aromatic rings. The van der Waals surface area contributed by atoms with Crippen molar-refractivity contribution >= 4 is 53.2 Å². The Morgan fingerprint density at radius 2 is 1.17 bits per heavy atom. The van der Waals surface area contributed by atoms with Crippen LogP contribution >= 0.6 is 0 Å². The number of carbonyl (C=O) groups excluding carboxylic acids is 9. The van der Waals surface area contributed by atoms with E-state index in [2.05, 4.69) is 21.3 Å². The fraction of sp³-hybridized carbons (Fsp3) is 0.638. The molecule has 2 fully saturated rings. The Kier molecular flexibility index (Phi) is 24.3. The van der Waals surface area contributed by atoms with Gasteiger partial charge in [0.1, 0.15) is 42.3 Å². The van der Waals surface area contributed by atoms with Crippen molar-refractivity contribution in [3.63, 3.8) is 0 Å². The molecule has 10 atom stereocenters. The van der Waals surface area contributed by atoms with Gasteiger partial charge in [-0.3, -0.25) is 43.2 Å². The minimum absolute atomic E-state index is 0.0264. The Balaban J connectivity index is 1.82. The van der Waals surface area contributed by atoms with E-state index in [1.807, 2.05) is 69.3 Å². The Morgan fingerprint density at radius 1 is 0.590 bits per heavy atom. The smallest absolute Gasteiger partial charge is 0.248 e. The Morgan fingerprint density at radius 3 is 1.72 bits per heavy atom. The fourth-order valence-electron chi connectivity index (χ4n) is 10.6. The number of nitrogens with one attached hydrogen (secondary N) is 4. The zero-order valence-corrected chi connectivity index (χ0v) is 48.7. The van der Waals surface area contributed by atoms with Crippen LogP contribution in [0.15, 0.2) is 60.7 Å². The zero-order chi connectivity index (χ0) is 58.3. The molecule has 5 N–H and O–H groups in total. The lowest BCUT2D eigenvalue weighted by molar-refractivity contribution is -0.156. The Labute approximate surface area is 462 Å². The molecule has 2 heterocycles. The molecule has 0 spiro atoms. The molecule has 20 nitrogen and oxygen atoms in total. The number of piperidine rings is 1. The topological polar surface area (TPSA) is 241 Å². The highest BCUT2D eigenvalue weighted by Crippen LogP contribution is 2.25.